The van der Waals surface area contributed by atoms with Crippen LogP contribution in [0.5, 0.6) is 0 Å². The zero-order valence-corrected chi connectivity index (χ0v) is 17.6. The molecule has 1 fully saturated rings. The lowest BCUT2D eigenvalue weighted by Gasteiger charge is -2.16. The van der Waals surface area contributed by atoms with Crippen molar-refractivity contribution < 1.29 is 14.1 Å². The topological polar surface area (TPSA) is 100 Å². The standard InChI is InChI=1S/C23H25N5O3/c1-3-11-24-23(30)25-18-6-4-5-16(12-18)21-26-22(31-27-21)17-13-20(29)28(14-17)19-9-7-15(2)8-10-19/h4-10,12,17H,3,11,13-14H2,1-2H3,(H2,24,25,30). The summed E-state index contributed by atoms with van der Waals surface area (Å²) in [7, 11) is 0. The molecule has 0 radical (unpaired) electrons. The van der Waals surface area contributed by atoms with E-state index in [1.807, 2.05) is 50.2 Å². The van der Waals surface area contributed by atoms with Gasteiger partial charge in [0.2, 0.25) is 17.6 Å². The van der Waals surface area contributed by atoms with E-state index in [2.05, 4.69) is 20.8 Å². The van der Waals surface area contributed by atoms with Gasteiger partial charge in [-0.1, -0.05) is 41.9 Å². The predicted molar refractivity (Wildman–Crippen MR) is 118 cm³/mol. The summed E-state index contributed by atoms with van der Waals surface area (Å²) in [6.07, 6.45) is 1.19. The number of urea groups is 1. The van der Waals surface area contributed by atoms with E-state index in [1.54, 1.807) is 17.0 Å². The van der Waals surface area contributed by atoms with E-state index >= 15 is 0 Å². The van der Waals surface area contributed by atoms with Crippen LogP contribution in [-0.4, -0.2) is 35.2 Å². The first kappa shape index (κ1) is 20.6. The second-order valence-corrected chi connectivity index (χ2v) is 7.66. The molecule has 3 aromatic rings. The average molecular weight is 419 g/mol. The molecule has 0 aliphatic carbocycles. The molecule has 8 nitrogen and oxygen atoms in total. The summed E-state index contributed by atoms with van der Waals surface area (Å²) in [5, 5.41) is 9.66. The third kappa shape index (κ3) is 4.74. The van der Waals surface area contributed by atoms with Crippen LogP contribution in [0.3, 0.4) is 0 Å². The van der Waals surface area contributed by atoms with Crippen LogP contribution in [0, 0.1) is 6.92 Å². The first-order valence-corrected chi connectivity index (χ1v) is 10.4. The van der Waals surface area contributed by atoms with E-state index < -0.39 is 0 Å². The number of benzene rings is 2. The quantitative estimate of drug-likeness (QED) is 0.627. The van der Waals surface area contributed by atoms with Crippen molar-refractivity contribution in [1.29, 1.82) is 0 Å². The number of nitrogens with one attached hydrogen (secondary N) is 2. The summed E-state index contributed by atoms with van der Waals surface area (Å²) < 4.78 is 5.49. The lowest BCUT2D eigenvalue weighted by molar-refractivity contribution is -0.117. The van der Waals surface area contributed by atoms with Crippen LogP contribution >= 0.6 is 0 Å². The third-order valence-electron chi connectivity index (χ3n) is 5.18. The van der Waals surface area contributed by atoms with Gasteiger partial charge in [0.15, 0.2) is 0 Å². The van der Waals surface area contributed by atoms with E-state index in [9.17, 15) is 9.59 Å². The van der Waals surface area contributed by atoms with Crippen molar-refractivity contribution in [3.05, 3.63) is 60.0 Å². The number of carbonyl (C=O) groups is 2. The highest BCUT2D eigenvalue weighted by molar-refractivity contribution is 5.96. The molecular formula is C23H25N5O3. The minimum absolute atomic E-state index is 0.0397. The van der Waals surface area contributed by atoms with Crippen LogP contribution in [0.15, 0.2) is 53.1 Å². The average Bonchev–Trinajstić information content (AvgIpc) is 3.40. The number of hydrogen-bond acceptors (Lipinski definition) is 5. The Balaban J connectivity index is 1.46. The van der Waals surface area contributed by atoms with Crippen molar-refractivity contribution in [1.82, 2.24) is 15.5 Å². The fourth-order valence-corrected chi connectivity index (χ4v) is 3.52. The molecule has 8 heteroatoms. The van der Waals surface area contributed by atoms with Gasteiger partial charge < -0.3 is 20.1 Å². The monoisotopic (exact) mass is 419 g/mol. The van der Waals surface area contributed by atoms with Crippen LogP contribution in [0.1, 0.15) is 37.1 Å². The zero-order chi connectivity index (χ0) is 21.8. The molecule has 2 aromatic carbocycles. The molecule has 2 heterocycles. The van der Waals surface area contributed by atoms with Gasteiger partial charge in [-0.25, -0.2) is 4.79 Å². The van der Waals surface area contributed by atoms with Gasteiger partial charge in [0.25, 0.3) is 0 Å². The van der Waals surface area contributed by atoms with Gasteiger partial charge in [-0.05, 0) is 37.6 Å². The number of hydrogen-bond donors (Lipinski definition) is 2. The number of anilines is 2. The lowest BCUT2D eigenvalue weighted by Crippen LogP contribution is -2.29. The first-order valence-electron chi connectivity index (χ1n) is 10.4. The van der Waals surface area contributed by atoms with Crippen LogP contribution in [0.2, 0.25) is 0 Å². The van der Waals surface area contributed by atoms with Gasteiger partial charge in [0.05, 0.1) is 5.92 Å². The Morgan fingerprint density at radius 3 is 2.81 bits per heavy atom. The van der Waals surface area contributed by atoms with Gasteiger partial charge in [-0.15, -0.1) is 0 Å². The minimum Gasteiger partial charge on any atom is -0.339 e. The Morgan fingerprint density at radius 1 is 1.23 bits per heavy atom. The molecule has 1 unspecified atom stereocenters. The van der Waals surface area contributed by atoms with E-state index in [1.165, 1.54) is 0 Å². The van der Waals surface area contributed by atoms with Gasteiger partial charge >= 0.3 is 6.03 Å². The molecule has 3 amide bonds. The molecule has 0 bridgehead atoms. The van der Waals surface area contributed by atoms with Gasteiger partial charge in [-0.2, -0.15) is 4.98 Å². The number of aromatic nitrogens is 2. The van der Waals surface area contributed by atoms with Crippen LogP contribution in [0.4, 0.5) is 16.2 Å². The number of amides is 3. The molecule has 1 saturated heterocycles. The SMILES string of the molecule is CCCNC(=O)Nc1cccc(-c2noc(C3CC(=O)N(c4ccc(C)cc4)C3)n2)c1. The number of rotatable bonds is 6. The van der Waals surface area contributed by atoms with Crippen LogP contribution in [0.25, 0.3) is 11.4 Å². The van der Waals surface area contributed by atoms with Crippen molar-refractivity contribution in [2.75, 3.05) is 23.3 Å². The van der Waals surface area contributed by atoms with Crippen molar-refractivity contribution in [3.8, 4) is 11.4 Å². The molecule has 31 heavy (non-hydrogen) atoms. The van der Waals surface area contributed by atoms with E-state index in [-0.39, 0.29) is 17.9 Å². The maximum absolute atomic E-state index is 12.5. The predicted octanol–water partition coefficient (Wildman–Crippen LogP) is 4.10. The van der Waals surface area contributed by atoms with Gasteiger partial charge in [-0.3, -0.25) is 4.79 Å². The summed E-state index contributed by atoms with van der Waals surface area (Å²) in [6, 6.07) is 14.9. The summed E-state index contributed by atoms with van der Waals surface area (Å²) >= 11 is 0. The van der Waals surface area contributed by atoms with Crippen molar-refractivity contribution in [3.63, 3.8) is 0 Å². The van der Waals surface area contributed by atoms with Gasteiger partial charge in [0, 0.05) is 36.4 Å². The zero-order valence-electron chi connectivity index (χ0n) is 17.6. The highest BCUT2D eigenvalue weighted by Gasteiger charge is 2.35. The van der Waals surface area contributed by atoms with Crippen molar-refractivity contribution >= 4 is 23.3 Å². The molecule has 1 aliphatic rings. The number of nitrogens with zero attached hydrogens (tertiary/aromatic N) is 3. The molecule has 1 aromatic heterocycles. The maximum Gasteiger partial charge on any atom is 0.319 e. The second kappa shape index (κ2) is 8.99. The molecule has 1 aliphatic heterocycles. The van der Waals surface area contributed by atoms with Crippen LogP contribution < -0.4 is 15.5 Å². The summed E-state index contributed by atoms with van der Waals surface area (Å²) in [5.74, 6) is 0.750. The Bertz CT molecular complexity index is 1080. The van der Waals surface area contributed by atoms with Crippen molar-refractivity contribution in [2.45, 2.75) is 32.6 Å². The largest absolute Gasteiger partial charge is 0.339 e. The smallest absolute Gasteiger partial charge is 0.319 e. The molecule has 160 valence electrons. The molecular weight excluding hydrogens is 394 g/mol. The normalized spacial score (nSPS) is 15.9. The van der Waals surface area contributed by atoms with Crippen LogP contribution in [-0.2, 0) is 4.79 Å². The Morgan fingerprint density at radius 2 is 2.03 bits per heavy atom. The van der Waals surface area contributed by atoms with Gasteiger partial charge in [0.1, 0.15) is 0 Å². The second-order valence-electron chi connectivity index (χ2n) is 7.66. The fraction of sp³-hybridized carbons (Fsp3) is 0.304. The molecule has 1 atom stereocenters. The highest BCUT2D eigenvalue weighted by atomic mass is 16.5. The molecule has 0 saturated carbocycles. The maximum atomic E-state index is 12.5. The van der Waals surface area contributed by atoms with Crippen molar-refractivity contribution in [2.24, 2.45) is 0 Å². The number of carbonyl (C=O) groups excluding carboxylic acids is 2. The molecule has 4 rings (SSSR count). The Labute approximate surface area is 180 Å². The lowest BCUT2D eigenvalue weighted by atomic mass is 10.1. The minimum atomic E-state index is -0.256. The summed E-state index contributed by atoms with van der Waals surface area (Å²) in [4.78, 5) is 30.7. The van der Waals surface area contributed by atoms with E-state index in [0.29, 0.717) is 36.9 Å². The van der Waals surface area contributed by atoms with E-state index in [4.69, 9.17) is 4.52 Å². The summed E-state index contributed by atoms with van der Waals surface area (Å²) in [5.41, 5.74) is 3.38. The Kier molecular flexibility index (Phi) is 5.97. The third-order valence-corrected chi connectivity index (χ3v) is 5.18. The molecule has 2 N–H and O–H groups in total. The summed E-state index contributed by atoms with van der Waals surface area (Å²) in [6.45, 7) is 5.12. The Hall–Kier alpha value is -3.68. The highest BCUT2D eigenvalue weighted by Crippen LogP contribution is 2.32. The fourth-order valence-electron chi connectivity index (χ4n) is 3.52. The van der Waals surface area contributed by atoms with E-state index in [0.717, 1.165) is 23.2 Å². The molecule has 0 spiro atoms. The number of aryl methyl sites for hydroxylation is 1. The first-order chi connectivity index (χ1) is 15.0.